The molecular weight excluding hydrogens is 324 g/mol. The summed E-state index contributed by atoms with van der Waals surface area (Å²) in [5, 5.41) is 5.32. The second-order valence-electron chi connectivity index (χ2n) is 5.94. The van der Waals surface area contributed by atoms with E-state index in [0.717, 1.165) is 0 Å². The van der Waals surface area contributed by atoms with Gasteiger partial charge in [0.15, 0.2) is 0 Å². The van der Waals surface area contributed by atoms with E-state index in [1.165, 1.54) is 7.11 Å². The molecule has 7 nitrogen and oxygen atoms in total. The molecule has 0 aliphatic carbocycles. The number of nitrogens with one attached hydrogen (secondary N) is 2. The van der Waals surface area contributed by atoms with E-state index >= 15 is 0 Å². The van der Waals surface area contributed by atoms with Crippen molar-refractivity contribution in [3.8, 4) is 5.75 Å². The Morgan fingerprint density at radius 3 is 2.68 bits per heavy atom. The molecule has 2 atom stereocenters. The maximum atomic E-state index is 12.5. The van der Waals surface area contributed by atoms with E-state index in [4.69, 9.17) is 14.2 Å². The number of para-hydroxylation sites is 1. The Hall–Kier alpha value is -2.54. The van der Waals surface area contributed by atoms with Crippen molar-refractivity contribution in [1.29, 1.82) is 0 Å². The zero-order chi connectivity index (χ0) is 18.4. The zero-order valence-corrected chi connectivity index (χ0v) is 14.7. The van der Waals surface area contributed by atoms with Gasteiger partial charge in [0.2, 0.25) is 0 Å². The summed E-state index contributed by atoms with van der Waals surface area (Å²) in [5.41, 5.74) is 0.983. The Morgan fingerprint density at radius 2 is 2.00 bits per heavy atom. The SMILES string of the molecule is C=C1NC(=O)N[C@H](c2ccccc2OC(C)C)[C@@H]1C(=O)OCCOC. The van der Waals surface area contributed by atoms with Crippen LogP contribution in [0.2, 0.25) is 0 Å². The Labute approximate surface area is 147 Å². The van der Waals surface area contributed by atoms with Crippen molar-refractivity contribution >= 4 is 12.0 Å². The lowest BCUT2D eigenvalue weighted by atomic mass is 9.88. The fourth-order valence-corrected chi connectivity index (χ4v) is 2.64. The van der Waals surface area contributed by atoms with Gasteiger partial charge in [-0.05, 0) is 19.9 Å². The first kappa shape index (κ1) is 18.8. The van der Waals surface area contributed by atoms with Gasteiger partial charge in [-0.3, -0.25) is 4.79 Å². The van der Waals surface area contributed by atoms with E-state index in [0.29, 0.717) is 17.9 Å². The third kappa shape index (κ3) is 4.73. The number of carbonyl (C=O) groups is 2. The van der Waals surface area contributed by atoms with E-state index in [1.807, 2.05) is 32.0 Å². The van der Waals surface area contributed by atoms with Crippen LogP contribution in [0.5, 0.6) is 5.75 Å². The lowest BCUT2D eigenvalue weighted by Crippen LogP contribution is -2.51. The van der Waals surface area contributed by atoms with Crippen LogP contribution < -0.4 is 15.4 Å². The Balaban J connectivity index is 2.32. The standard InChI is InChI=1S/C18H24N2O5/c1-11(2)25-14-8-6-5-7-13(14)16-15(12(3)19-18(22)20-16)17(21)24-10-9-23-4/h5-8,11,15-16H,3,9-10H2,1-2,4H3,(H2,19,20,22)/t15-,16-/m1/s1. The van der Waals surface area contributed by atoms with E-state index in [2.05, 4.69) is 17.2 Å². The van der Waals surface area contributed by atoms with Gasteiger partial charge in [0, 0.05) is 18.4 Å². The van der Waals surface area contributed by atoms with Crippen LogP contribution in [0.3, 0.4) is 0 Å². The van der Waals surface area contributed by atoms with Crippen molar-refractivity contribution in [1.82, 2.24) is 10.6 Å². The molecule has 2 amide bonds. The number of carbonyl (C=O) groups excluding carboxylic acids is 2. The molecule has 25 heavy (non-hydrogen) atoms. The van der Waals surface area contributed by atoms with Gasteiger partial charge in [0.1, 0.15) is 18.3 Å². The number of hydrogen-bond acceptors (Lipinski definition) is 5. The van der Waals surface area contributed by atoms with E-state index in [9.17, 15) is 9.59 Å². The highest BCUT2D eigenvalue weighted by Gasteiger charge is 2.40. The van der Waals surface area contributed by atoms with Crippen LogP contribution in [0.1, 0.15) is 25.5 Å². The molecule has 2 N–H and O–H groups in total. The first-order valence-corrected chi connectivity index (χ1v) is 8.11. The van der Waals surface area contributed by atoms with Crippen LogP contribution in [-0.2, 0) is 14.3 Å². The molecule has 0 bridgehead atoms. The largest absolute Gasteiger partial charge is 0.491 e. The van der Waals surface area contributed by atoms with Gasteiger partial charge in [-0.15, -0.1) is 0 Å². The van der Waals surface area contributed by atoms with Crippen LogP contribution in [0.4, 0.5) is 4.79 Å². The minimum absolute atomic E-state index is 0.0473. The normalized spacial score (nSPS) is 20.0. The molecule has 7 heteroatoms. The van der Waals surface area contributed by atoms with Gasteiger partial charge >= 0.3 is 12.0 Å². The fourth-order valence-electron chi connectivity index (χ4n) is 2.64. The molecule has 1 aliphatic heterocycles. The summed E-state index contributed by atoms with van der Waals surface area (Å²) in [5.74, 6) is -0.655. The topological polar surface area (TPSA) is 85.9 Å². The van der Waals surface area contributed by atoms with Gasteiger partial charge in [-0.2, -0.15) is 0 Å². The molecule has 0 saturated carbocycles. The van der Waals surface area contributed by atoms with Crippen molar-refractivity contribution in [3.05, 3.63) is 42.1 Å². The van der Waals surface area contributed by atoms with Crippen LogP contribution in [0.25, 0.3) is 0 Å². The molecule has 0 radical (unpaired) electrons. The molecule has 1 fully saturated rings. The molecule has 1 saturated heterocycles. The predicted molar refractivity (Wildman–Crippen MR) is 92.1 cm³/mol. The Kier molecular flexibility index (Phi) is 6.41. The highest BCUT2D eigenvalue weighted by atomic mass is 16.6. The van der Waals surface area contributed by atoms with Gasteiger partial charge in [-0.1, -0.05) is 24.8 Å². The second-order valence-corrected chi connectivity index (χ2v) is 5.94. The molecule has 0 aromatic heterocycles. The molecule has 1 aromatic carbocycles. The molecule has 2 rings (SSSR count). The maximum absolute atomic E-state index is 12.5. The number of amides is 2. The second kappa shape index (κ2) is 8.53. The summed E-state index contributed by atoms with van der Waals surface area (Å²) in [4.78, 5) is 24.5. The van der Waals surface area contributed by atoms with Gasteiger partial charge < -0.3 is 24.8 Å². The average Bonchev–Trinajstić information content (AvgIpc) is 2.54. The van der Waals surface area contributed by atoms with E-state index < -0.39 is 24.0 Å². The minimum Gasteiger partial charge on any atom is -0.491 e. The van der Waals surface area contributed by atoms with Gasteiger partial charge in [0.25, 0.3) is 0 Å². The number of rotatable bonds is 7. The summed E-state index contributed by atoms with van der Waals surface area (Å²) in [7, 11) is 1.53. The maximum Gasteiger partial charge on any atom is 0.319 e. The Bertz CT molecular complexity index is 644. The highest BCUT2D eigenvalue weighted by Crippen LogP contribution is 2.35. The summed E-state index contributed by atoms with van der Waals surface area (Å²) < 4.78 is 16.0. The van der Waals surface area contributed by atoms with Crippen LogP contribution >= 0.6 is 0 Å². The molecule has 1 heterocycles. The number of benzene rings is 1. The van der Waals surface area contributed by atoms with Crippen LogP contribution in [0.15, 0.2) is 36.5 Å². The summed E-state index contributed by atoms with van der Waals surface area (Å²) in [6, 6.07) is 6.23. The summed E-state index contributed by atoms with van der Waals surface area (Å²) in [6.45, 7) is 8.06. The molecule has 1 aliphatic rings. The van der Waals surface area contributed by atoms with Crippen molar-refractivity contribution < 1.29 is 23.8 Å². The van der Waals surface area contributed by atoms with Crippen LogP contribution in [0, 0.1) is 5.92 Å². The quantitative estimate of drug-likeness (QED) is 0.582. The zero-order valence-electron chi connectivity index (χ0n) is 14.7. The first-order chi connectivity index (χ1) is 11.9. The third-order valence-corrected chi connectivity index (χ3v) is 3.67. The van der Waals surface area contributed by atoms with Crippen LogP contribution in [-0.4, -0.2) is 38.4 Å². The van der Waals surface area contributed by atoms with E-state index in [1.54, 1.807) is 6.07 Å². The minimum atomic E-state index is -0.772. The fraction of sp³-hybridized carbons (Fsp3) is 0.444. The molecule has 0 unspecified atom stereocenters. The highest BCUT2D eigenvalue weighted by molar-refractivity contribution is 5.85. The number of hydrogen-bond donors (Lipinski definition) is 2. The van der Waals surface area contributed by atoms with Crippen molar-refractivity contribution in [2.24, 2.45) is 5.92 Å². The first-order valence-electron chi connectivity index (χ1n) is 8.11. The van der Waals surface area contributed by atoms with Gasteiger partial charge in [-0.25, -0.2) is 4.79 Å². The van der Waals surface area contributed by atoms with E-state index in [-0.39, 0.29) is 18.4 Å². The summed E-state index contributed by atoms with van der Waals surface area (Å²) >= 11 is 0. The molecule has 1 aromatic rings. The molecule has 0 spiro atoms. The third-order valence-electron chi connectivity index (χ3n) is 3.67. The van der Waals surface area contributed by atoms with Crippen molar-refractivity contribution in [2.75, 3.05) is 20.3 Å². The van der Waals surface area contributed by atoms with Crippen molar-refractivity contribution in [3.63, 3.8) is 0 Å². The molecule has 136 valence electrons. The number of esters is 1. The van der Waals surface area contributed by atoms with Gasteiger partial charge in [0.05, 0.1) is 18.8 Å². The molecular formula is C18H24N2O5. The average molecular weight is 348 g/mol. The van der Waals surface area contributed by atoms with Crippen molar-refractivity contribution in [2.45, 2.75) is 26.0 Å². The monoisotopic (exact) mass is 348 g/mol. The predicted octanol–water partition coefficient (Wildman–Crippen LogP) is 2.15. The summed E-state index contributed by atoms with van der Waals surface area (Å²) in [6.07, 6.45) is -0.0473. The lowest BCUT2D eigenvalue weighted by Gasteiger charge is -2.34. The Morgan fingerprint density at radius 1 is 1.28 bits per heavy atom. The number of urea groups is 1. The lowest BCUT2D eigenvalue weighted by molar-refractivity contribution is -0.149. The smallest absolute Gasteiger partial charge is 0.319 e. The number of methoxy groups -OCH3 is 1. The number of ether oxygens (including phenoxy) is 3.